The lowest BCUT2D eigenvalue weighted by atomic mass is 10.1. The molecule has 1 aromatic rings. The van der Waals surface area contributed by atoms with Gasteiger partial charge in [0.1, 0.15) is 5.75 Å². The number of ether oxygens (including phenoxy) is 1. The van der Waals surface area contributed by atoms with Crippen LogP contribution in [0, 0.1) is 0 Å². The minimum atomic E-state index is 0.0909. The fraction of sp³-hybridized carbons (Fsp3) is 0.533. The highest BCUT2D eigenvalue weighted by Crippen LogP contribution is 2.26. The van der Waals surface area contributed by atoms with Crippen LogP contribution in [0.15, 0.2) is 27.8 Å². The first-order valence-corrected chi connectivity index (χ1v) is 7.88. The lowest BCUT2D eigenvalue weighted by Gasteiger charge is -2.09. The number of hydrogen-bond acceptors (Lipinski definition) is 3. The molecular formula is C15H23BrN2O2. The van der Waals surface area contributed by atoms with Crippen molar-refractivity contribution in [1.29, 1.82) is 0 Å². The van der Waals surface area contributed by atoms with E-state index in [1.165, 1.54) is 32.1 Å². The zero-order valence-electron chi connectivity index (χ0n) is 11.9. The summed E-state index contributed by atoms with van der Waals surface area (Å²) in [4.78, 5) is 0. The van der Waals surface area contributed by atoms with Crippen LogP contribution in [0.4, 0.5) is 0 Å². The van der Waals surface area contributed by atoms with E-state index in [-0.39, 0.29) is 5.84 Å². The Kier molecular flexibility index (Phi) is 8.11. The molecule has 0 aliphatic carbocycles. The summed E-state index contributed by atoms with van der Waals surface area (Å²) in [5.41, 5.74) is 6.19. The van der Waals surface area contributed by atoms with Crippen molar-refractivity contribution in [2.24, 2.45) is 10.9 Å². The summed E-state index contributed by atoms with van der Waals surface area (Å²) in [6.45, 7) is 2.94. The molecular weight excluding hydrogens is 320 g/mol. The van der Waals surface area contributed by atoms with Crippen LogP contribution in [-0.4, -0.2) is 17.6 Å². The van der Waals surface area contributed by atoms with Gasteiger partial charge in [-0.3, -0.25) is 0 Å². The number of rotatable bonds is 9. The molecule has 0 aromatic heterocycles. The molecule has 0 heterocycles. The molecule has 0 amide bonds. The third kappa shape index (κ3) is 5.82. The molecule has 0 fully saturated rings. The van der Waals surface area contributed by atoms with Gasteiger partial charge in [0.2, 0.25) is 0 Å². The molecule has 1 rings (SSSR count). The summed E-state index contributed by atoms with van der Waals surface area (Å²) in [5, 5.41) is 11.6. The second-order valence-electron chi connectivity index (χ2n) is 4.75. The first-order chi connectivity index (χ1) is 9.69. The largest absolute Gasteiger partial charge is 0.492 e. The minimum Gasteiger partial charge on any atom is -0.492 e. The Bertz CT molecular complexity index is 436. The zero-order valence-corrected chi connectivity index (χ0v) is 13.5. The van der Waals surface area contributed by atoms with E-state index in [1.54, 1.807) is 12.1 Å². The standard InChI is InChI=1S/C15H23BrN2O2/c1-2-3-4-5-6-7-10-20-14-9-8-12(11-13(14)16)15(17)18-19/h8-9,11,19H,2-7,10H2,1H3,(H2,17,18). The van der Waals surface area contributed by atoms with E-state index in [1.807, 2.05) is 6.07 Å². The monoisotopic (exact) mass is 342 g/mol. The highest BCUT2D eigenvalue weighted by Gasteiger charge is 2.05. The van der Waals surface area contributed by atoms with Crippen LogP contribution in [0.1, 0.15) is 51.0 Å². The lowest BCUT2D eigenvalue weighted by molar-refractivity contribution is 0.302. The molecule has 3 N–H and O–H groups in total. The van der Waals surface area contributed by atoms with Crippen molar-refractivity contribution in [3.05, 3.63) is 28.2 Å². The van der Waals surface area contributed by atoms with Gasteiger partial charge in [0.25, 0.3) is 0 Å². The Labute approximate surface area is 129 Å². The summed E-state index contributed by atoms with van der Waals surface area (Å²) in [5.74, 6) is 0.876. The highest BCUT2D eigenvalue weighted by molar-refractivity contribution is 9.10. The highest BCUT2D eigenvalue weighted by atomic mass is 79.9. The second kappa shape index (κ2) is 9.64. The third-order valence-electron chi connectivity index (χ3n) is 3.09. The average molecular weight is 343 g/mol. The van der Waals surface area contributed by atoms with Gasteiger partial charge in [0, 0.05) is 5.56 Å². The predicted molar refractivity (Wildman–Crippen MR) is 85.5 cm³/mol. The van der Waals surface area contributed by atoms with Gasteiger partial charge in [0.15, 0.2) is 5.84 Å². The van der Waals surface area contributed by atoms with Gasteiger partial charge in [-0.05, 0) is 40.5 Å². The average Bonchev–Trinajstić information content (AvgIpc) is 2.46. The van der Waals surface area contributed by atoms with Crippen LogP contribution in [0.5, 0.6) is 5.75 Å². The van der Waals surface area contributed by atoms with Gasteiger partial charge in [-0.1, -0.05) is 44.2 Å². The summed E-state index contributed by atoms with van der Waals surface area (Å²) in [6, 6.07) is 5.39. The van der Waals surface area contributed by atoms with Gasteiger partial charge in [0.05, 0.1) is 11.1 Å². The minimum absolute atomic E-state index is 0.0909. The van der Waals surface area contributed by atoms with E-state index >= 15 is 0 Å². The molecule has 0 aliphatic rings. The maximum atomic E-state index is 8.63. The molecule has 0 saturated heterocycles. The molecule has 0 radical (unpaired) electrons. The quantitative estimate of drug-likeness (QED) is 0.231. The first-order valence-electron chi connectivity index (χ1n) is 7.09. The normalized spacial score (nSPS) is 11.6. The van der Waals surface area contributed by atoms with E-state index in [2.05, 4.69) is 28.0 Å². The van der Waals surface area contributed by atoms with Crippen molar-refractivity contribution in [1.82, 2.24) is 0 Å². The van der Waals surface area contributed by atoms with E-state index < -0.39 is 0 Å². The number of nitrogens with zero attached hydrogens (tertiary/aromatic N) is 1. The maximum absolute atomic E-state index is 8.63. The first kappa shape index (κ1) is 16.8. The molecule has 0 unspecified atom stereocenters. The molecule has 0 atom stereocenters. The molecule has 0 bridgehead atoms. The van der Waals surface area contributed by atoms with Gasteiger partial charge in [-0.25, -0.2) is 0 Å². The van der Waals surface area contributed by atoms with Crippen LogP contribution in [0.2, 0.25) is 0 Å². The lowest BCUT2D eigenvalue weighted by Crippen LogP contribution is -2.13. The van der Waals surface area contributed by atoms with Crippen molar-refractivity contribution in [2.45, 2.75) is 45.4 Å². The molecule has 0 saturated carbocycles. The molecule has 20 heavy (non-hydrogen) atoms. The van der Waals surface area contributed by atoms with Gasteiger partial charge in [-0.15, -0.1) is 0 Å². The fourth-order valence-corrected chi connectivity index (χ4v) is 2.39. The van der Waals surface area contributed by atoms with Gasteiger partial charge < -0.3 is 15.7 Å². The second-order valence-corrected chi connectivity index (χ2v) is 5.60. The van der Waals surface area contributed by atoms with Crippen molar-refractivity contribution in [3.8, 4) is 5.75 Å². The SMILES string of the molecule is CCCCCCCCOc1ccc(/C(N)=N/O)cc1Br. The summed E-state index contributed by atoms with van der Waals surface area (Å²) in [6.07, 6.45) is 7.46. The number of unbranched alkanes of at least 4 members (excludes halogenated alkanes) is 5. The van der Waals surface area contributed by atoms with Crippen LogP contribution in [0.3, 0.4) is 0 Å². The number of hydrogen-bond donors (Lipinski definition) is 2. The predicted octanol–water partition coefficient (Wildman–Crippen LogP) is 4.28. The summed E-state index contributed by atoms with van der Waals surface area (Å²) < 4.78 is 6.53. The van der Waals surface area contributed by atoms with Crippen LogP contribution < -0.4 is 10.5 Å². The number of nitrogens with two attached hydrogens (primary N) is 1. The Morgan fingerprint density at radius 1 is 1.25 bits per heavy atom. The maximum Gasteiger partial charge on any atom is 0.170 e. The summed E-state index contributed by atoms with van der Waals surface area (Å²) in [7, 11) is 0. The molecule has 1 aromatic carbocycles. The van der Waals surface area contributed by atoms with Crippen LogP contribution in [0.25, 0.3) is 0 Å². The Morgan fingerprint density at radius 3 is 2.60 bits per heavy atom. The van der Waals surface area contributed by atoms with E-state index in [0.717, 1.165) is 16.6 Å². The van der Waals surface area contributed by atoms with Crippen molar-refractivity contribution in [2.75, 3.05) is 6.61 Å². The Balaban J connectivity index is 2.34. The smallest absolute Gasteiger partial charge is 0.170 e. The molecule has 0 aliphatic heterocycles. The van der Waals surface area contributed by atoms with Crippen LogP contribution in [-0.2, 0) is 0 Å². The number of oxime groups is 1. The van der Waals surface area contributed by atoms with Crippen molar-refractivity contribution in [3.63, 3.8) is 0 Å². The third-order valence-corrected chi connectivity index (χ3v) is 3.71. The van der Waals surface area contributed by atoms with Crippen LogP contribution >= 0.6 is 15.9 Å². The number of amidine groups is 1. The molecule has 5 heteroatoms. The van der Waals surface area contributed by atoms with E-state index in [0.29, 0.717) is 12.2 Å². The molecule has 112 valence electrons. The van der Waals surface area contributed by atoms with Crippen molar-refractivity contribution >= 4 is 21.8 Å². The van der Waals surface area contributed by atoms with E-state index in [4.69, 9.17) is 15.7 Å². The zero-order chi connectivity index (χ0) is 14.8. The van der Waals surface area contributed by atoms with Crippen molar-refractivity contribution < 1.29 is 9.94 Å². The fourth-order valence-electron chi connectivity index (χ4n) is 1.90. The number of halogens is 1. The van der Waals surface area contributed by atoms with Gasteiger partial charge >= 0.3 is 0 Å². The Morgan fingerprint density at radius 2 is 1.95 bits per heavy atom. The Hall–Kier alpha value is -1.23. The topological polar surface area (TPSA) is 67.8 Å². The molecule has 0 spiro atoms. The summed E-state index contributed by atoms with van der Waals surface area (Å²) >= 11 is 3.43. The molecule has 4 nitrogen and oxygen atoms in total. The van der Waals surface area contributed by atoms with Gasteiger partial charge in [-0.2, -0.15) is 0 Å². The number of benzene rings is 1. The van der Waals surface area contributed by atoms with E-state index in [9.17, 15) is 0 Å².